The zero-order valence-electron chi connectivity index (χ0n) is 12.0. The van der Waals surface area contributed by atoms with Crippen molar-refractivity contribution in [1.82, 2.24) is 9.97 Å². The number of alkyl halides is 2. The van der Waals surface area contributed by atoms with E-state index in [-0.39, 0.29) is 0 Å². The molecule has 114 valence electrons. The second kappa shape index (κ2) is 6.56. The second-order valence-corrected chi connectivity index (χ2v) is 5.25. The van der Waals surface area contributed by atoms with Gasteiger partial charge in [-0.2, -0.15) is 0 Å². The summed E-state index contributed by atoms with van der Waals surface area (Å²) in [5.74, 6) is 0. The van der Waals surface area contributed by atoms with Crippen LogP contribution in [0, 0.1) is 0 Å². The third kappa shape index (κ3) is 3.42. The molecule has 0 saturated heterocycles. The zero-order valence-corrected chi connectivity index (χ0v) is 12.0. The van der Waals surface area contributed by atoms with Crippen molar-refractivity contribution in [3.8, 4) is 0 Å². The number of aromatic nitrogens is 2. The molecule has 1 atom stereocenters. The quantitative estimate of drug-likeness (QED) is 0.715. The van der Waals surface area contributed by atoms with E-state index < -0.39 is 12.5 Å². The zero-order chi connectivity index (χ0) is 15.4. The minimum atomic E-state index is -2.43. The molecular formula is C17H17F2N3. The molecule has 0 spiro atoms. The third-order valence-electron chi connectivity index (χ3n) is 3.64. The van der Waals surface area contributed by atoms with Gasteiger partial charge in [0.25, 0.3) is 6.43 Å². The maximum atomic E-state index is 13.3. The Hall–Kier alpha value is -2.43. The highest BCUT2D eigenvalue weighted by Gasteiger charge is 2.20. The van der Waals surface area contributed by atoms with Gasteiger partial charge in [0.05, 0.1) is 17.9 Å². The number of hydrogen-bond acceptors (Lipinski definition) is 2. The first kappa shape index (κ1) is 14.5. The third-order valence-corrected chi connectivity index (χ3v) is 3.64. The van der Waals surface area contributed by atoms with Crippen LogP contribution in [0.4, 0.5) is 14.5 Å². The van der Waals surface area contributed by atoms with Gasteiger partial charge in [0.2, 0.25) is 0 Å². The van der Waals surface area contributed by atoms with Gasteiger partial charge in [-0.25, -0.2) is 13.8 Å². The van der Waals surface area contributed by atoms with Crippen molar-refractivity contribution < 1.29 is 8.78 Å². The number of benzene rings is 1. The number of pyridine rings is 1. The number of hydrogen-bond donors (Lipinski definition) is 2. The molecular weight excluding hydrogens is 284 g/mol. The molecule has 0 aliphatic carbocycles. The molecule has 0 aliphatic heterocycles. The Balaban J connectivity index is 1.68. The average Bonchev–Trinajstić information content (AvgIpc) is 2.99. The Kier molecular flexibility index (Phi) is 4.32. The van der Waals surface area contributed by atoms with Gasteiger partial charge in [-0.05, 0) is 30.5 Å². The molecule has 0 amide bonds. The first-order valence-electron chi connectivity index (χ1n) is 7.24. The first-order chi connectivity index (χ1) is 10.7. The Morgan fingerprint density at radius 3 is 2.73 bits per heavy atom. The van der Waals surface area contributed by atoms with E-state index >= 15 is 0 Å². The van der Waals surface area contributed by atoms with Crippen LogP contribution in [0.15, 0.2) is 54.9 Å². The van der Waals surface area contributed by atoms with E-state index in [2.05, 4.69) is 15.3 Å². The minimum absolute atomic E-state index is 0.368. The summed E-state index contributed by atoms with van der Waals surface area (Å²) in [6.45, 7) is 0. The number of nitrogens with one attached hydrogen (secondary N) is 2. The van der Waals surface area contributed by atoms with Crippen LogP contribution in [0.3, 0.4) is 0 Å². The highest BCUT2D eigenvalue weighted by molar-refractivity contribution is 5.78. The second-order valence-electron chi connectivity index (χ2n) is 5.25. The van der Waals surface area contributed by atoms with Crippen LogP contribution in [-0.2, 0) is 6.42 Å². The van der Waals surface area contributed by atoms with Crippen LogP contribution in [0.25, 0.3) is 11.0 Å². The summed E-state index contributed by atoms with van der Waals surface area (Å²) in [5.41, 5.74) is 2.43. The largest absolute Gasteiger partial charge is 0.375 e. The highest BCUT2D eigenvalue weighted by Crippen LogP contribution is 2.19. The normalized spacial score (nSPS) is 12.7. The number of fused-ring (bicyclic) bond motifs is 1. The van der Waals surface area contributed by atoms with Gasteiger partial charge >= 0.3 is 0 Å². The molecule has 2 aromatic heterocycles. The van der Waals surface area contributed by atoms with Crippen molar-refractivity contribution in [1.29, 1.82) is 0 Å². The number of halogens is 2. The minimum Gasteiger partial charge on any atom is -0.375 e. The standard InChI is InChI=1S/C17H17F2N3/c18-16(19)15(7-6-12-4-2-1-3-5-12)22-14-10-13-8-9-20-17(13)21-11-14/h1-5,8-11,15-16,22H,6-7H2,(H,20,21). The van der Waals surface area contributed by atoms with Crippen molar-refractivity contribution in [3.63, 3.8) is 0 Å². The van der Waals surface area contributed by atoms with Gasteiger partial charge in [0.15, 0.2) is 0 Å². The van der Waals surface area contributed by atoms with Gasteiger partial charge in [-0.15, -0.1) is 0 Å². The fraction of sp³-hybridized carbons (Fsp3) is 0.235. The van der Waals surface area contributed by atoms with E-state index in [1.165, 1.54) is 0 Å². The fourth-order valence-corrected chi connectivity index (χ4v) is 2.46. The number of anilines is 1. The van der Waals surface area contributed by atoms with E-state index in [0.29, 0.717) is 18.5 Å². The molecule has 0 saturated carbocycles. The fourth-order valence-electron chi connectivity index (χ4n) is 2.46. The van der Waals surface area contributed by atoms with Crippen LogP contribution in [0.1, 0.15) is 12.0 Å². The van der Waals surface area contributed by atoms with E-state index in [1.54, 1.807) is 12.4 Å². The summed E-state index contributed by atoms with van der Waals surface area (Å²) in [6, 6.07) is 12.5. The lowest BCUT2D eigenvalue weighted by molar-refractivity contribution is 0.120. The Morgan fingerprint density at radius 2 is 1.95 bits per heavy atom. The van der Waals surface area contributed by atoms with E-state index in [0.717, 1.165) is 16.6 Å². The van der Waals surface area contributed by atoms with Crippen LogP contribution >= 0.6 is 0 Å². The van der Waals surface area contributed by atoms with Crippen molar-refractivity contribution >= 4 is 16.7 Å². The molecule has 0 bridgehead atoms. The molecule has 5 heteroatoms. The molecule has 3 nitrogen and oxygen atoms in total. The summed E-state index contributed by atoms with van der Waals surface area (Å²) < 4.78 is 26.5. The maximum Gasteiger partial charge on any atom is 0.258 e. The lowest BCUT2D eigenvalue weighted by Gasteiger charge is -2.19. The molecule has 0 aliphatic rings. The van der Waals surface area contributed by atoms with Gasteiger partial charge < -0.3 is 10.3 Å². The maximum absolute atomic E-state index is 13.3. The molecule has 22 heavy (non-hydrogen) atoms. The van der Waals surface area contributed by atoms with Gasteiger partial charge in [0.1, 0.15) is 5.65 Å². The number of nitrogens with zero attached hydrogens (tertiary/aromatic N) is 1. The first-order valence-corrected chi connectivity index (χ1v) is 7.24. The Bertz CT molecular complexity index is 725. The summed E-state index contributed by atoms with van der Waals surface area (Å²) in [6.07, 6.45) is 1.92. The number of aryl methyl sites for hydroxylation is 1. The highest BCUT2D eigenvalue weighted by atomic mass is 19.3. The van der Waals surface area contributed by atoms with Crippen LogP contribution in [-0.4, -0.2) is 22.4 Å². The molecule has 0 radical (unpaired) electrons. The molecule has 3 rings (SSSR count). The molecule has 1 aromatic carbocycles. The summed E-state index contributed by atoms with van der Waals surface area (Å²) in [4.78, 5) is 7.19. The van der Waals surface area contributed by atoms with Crippen LogP contribution in [0.2, 0.25) is 0 Å². The van der Waals surface area contributed by atoms with Crippen LogP contribution in [0.5, 0.6) is 0 Å². The summed E-state index contributed by atoms with van der Waals surface area (Å²) in [7, 11) is 0. The van der Waals surface area contributed by atoms with Gasteiger partial charge in [0, 0.05) is 11.6 Å². The van der Waals surface area contributed by atoms with Crippen molar-refractivity contribution in [2.24, 2.45) is 0 Å². The number of aromatic amines is 1. The molecule has 0 fully saturated rings. The lowest BCUT2D eigenvalue weighted by Crippen LogP contribution is -2.28. The van der Waals surface area contributed by atoms with E-state index in [1.807, 2.05) is 42.5 Å². The smallest absolute Gasteiger partial charge is 0.258 e. The molecule has 1 unspecified atom stereocenters. The van der Waals surface area contributed by atoms with E-state index in [9.17, 15) is 8.78 Å². The van der Waals surface area contributed by atoms with Crippen molar-refractivity contribution in [2.45, 2.75) is 25.3 Å². The summed E-state index contributed by atoms with van der Waals surface area (Å²) >= 11 is 0. The molecule has 2 N–H and O–H groups in total. The Labute approximate surface area is 127 Å². The topological polar surface area (TPSA) is 40.7 Å². The predicted octanol–water partition coefficient (Wildman–Crippen LogP) is 4.24. The number of H-pyrrole nitrogens is 1. The SMILES string of the molecule is FC(F)C(CCc1ccccc1)Nc1cnc2[nH]ccc2c1. The van der Waals surface area contributed by atoms with E-state index in [4.69, 9.17) is 0 Å². The lowest BCUT2D eigenvalue weighted by atomic mass is 10.1. The number of rotatable bonds is 6. The average molecular weight is 301 g/mol. The van der Waals surface area contributed by atoms with Gasteiger partial charge in [-0.3, -0.25) is 0 Å². The van der Waals surface area contributed by atoms with Crippen LogP contribution < -0.4 is 5.32 Å². The van der Waals surface area contributed by atoms with Crippen molar-refractivity contribution in [2.75, 3.05) is 5.32 Å². The van der Waals surface area contributed by atoms with Crippen molar-refractivity contribution in [3.05, 3.63) is 60.4 Å². The Morgan fingerprint density at radius 1 is 1.14 bits per heavy atom. The van der Waals surface area contributed by atoms with Gasteiger partial charge in [-0.1, -0.05) is 30.3 Å². The predicted molar refractivity (Wildman–Crippen MR) is 84.3 cm³/mol. The summed E-state index contributed by atoms with van der Waals surface area (Å²) in [5, 5.41) is 3.81. The molecule has 2 heterocycles. The monoisotopic (exact) mass is 301 g/mol. The molecule has 3 aromatic rings.